The van der Waals surface area contributed by atoms with Gasteiger partial charge in [-0.1, -0.05) is 12.1 Å². The molecule has 0 saturated carbocycles. The molecule has 1 aromatic heterocycles. The van der Waals surface area contributed by atoms with Crippen LogP contribution in [0.25, 0.3) is 0 Å². The van der Waals surface area contributed by atoms with Crippen molar-refractivity contribution in [2.45, 2.75) is 20.0 Å². The van der Waals surface area contributed by atoms with Crippen molar-refractivity contribution in [2.24, 2.45) is 4.99 Å². The number of aromatic nitrogens is 1. The van der Waals surface area contributed by atoms with Gasteiger partial charge in [0, 0.05) is 40.1 Å². The third-order valence-electron chi connectivity index (χ3n) is 3.58. The predicted molar refractivity (Wildman–Crippen MR) is 121 cm³/mol. The number of thiazole rings is 1. The van der Waals surface area contributed by atoms with Gasteiger partial charge >= 0.3 is 0 Å². The molecule has 0 aliphatic heterocycles. The van der Waals surface area contributed by atoms with E-state index in [9.17, 15) is 0 Å². The first kappa shape index (κ1) is 22.5. The fraction of sp³-hybridized carbons (Fsp3) is 0.444. The summed E-state index contributed by atoms with van der Waals surface area (Å²) in [4.78, 5) is 13.0. The van der Waals surface area contributed by atoms with Crippen LogP contribution in [0.3, 0.4) is 0 Å². The lowest BCUT2D eigenvalue weighted by atomic mass is 10.2. The number of rotatable bonds is 7. The second-order valence-electron chi connectivity index (χ2n) is 5.85. The van der Waals surface area contributed by atoms with E-state index in [2.05, 4.69) is 37.7 Å². The monoisotopic (exact) mass is 489 g/mol. The van der Waals surface area contributed by atoms with E-state index in [1.54, 1.807) is 18.4 Å². The molecule has 144 valence electrons. The topological polar surface area (TPSA) is 53.0 Å². The molecule has 0 fully saturated rings. The summed E-state index contributed by atoms with van der Waals surface area (Å²) < 4.78 is 5.48. The maximum Gasteiger partial charge on any atom is 0.194 e. The van der Waals surface area contributed by atoms with Crippen LogP contribution in [0.5, 0.6) is 5.75 Å². The minimum atomic E-state index is 0. The van der Waals surface area contributed by atoms with Gasteiger partial charge in [0.1, 0.15) is 5.75 Å². The quantitative estimate of drug-likeness (QED) is 0.367. The van der Waals surface area contributed by atoms with Gasteiger partial charge in [0.05, 0.1) is 18.8 Å². The van der Waals surface area contributed by atoms with E-state index >= 15 is 0 Å². The highest BCUT2D eigenvalue weighted by Gasteiger charge is 2.09. The fourth-order valence-electron chi connectivity index (χ4n) is 2.34. The Hall–Kier alpha value is -1.55. The second-order valence-corrected chi connectivity index (χ2v) is 6.69. The van der Waals surface area contributed by atoms with Crippen molar-refractivity contribution < 1.29 is 4.74 Å². The third-order valence-corrected chi connectivity index (χ3v) is 4.63. The first-order valence-electron chi connectivity index (χ1n) is 8.28. The Morgan fingerprint density at radius 3 is 2.46 bits per heavy atom. The van der Waals surface area contributed by atoms with Crippen LogP contribution in [0.15, 0.2) is 34.6 Å². The molecule has 0 bridgehead atoms. The smallest absolute Gasteiger partial charge is 0.194 e. The Morgan fingerprint density at radius 2 is 1.92 bits per heavy atom. The number of halogens is 1. The lowest BCUT2D eigenvalue weighted by molar-refractivity contribution is 0.340. The average Bonchev–Trinajstić information content (AvgIpc) is 3.07. The molecule has 0 aliphatic rings. The third kappa shape index (κ3) is 6.64. The molecule has 2 rings (SSSR count). The Balaban J connectivity index is 0.00000338. The van der Waals surface area contributed by atoms with Gasteiger partial charge in [-0.3, -0.25) is 4.99 Å². The van der Waals surface area contributed by atoms with Gasteiger partial charge < -0.3 is 19.9 Å². The number of aliphatic imine (C=N–C) groups is 1. The van der Waals surface area contributed by atoms with Crippen LogP contribution in [-0.4, -0.2) is 50.6 Å². The first-order valence-corrected chi connectivity index (χ1v) is 9.16. The molecule has 0 amide bonds. The molecule has 1 aromatic carbocycles. The zero-order valence-electron chi connectivity index (χ0n) is 16.0. The standard InChI is InChI=1S/C18H27N5OS.HI/c1-6-24-16-9-7-14(8-10-16)12-23(5)17(19-2)20-11-15-13-25-18(21-15)22(3)4;/h7-10,13H,6,11-12H2,1-5H3,(H,19,20);1H. The van der Waals surface area contributed by atoms with Gasteiger partial charge in [0.15, 0.2) is 11.1 Å². The van der Waals surface area contributed by atoms with Crippen LogP contribution >= 0.6 is 35.3 Å². The number of ether oxygens (including phenoxy) is 1. The molecular weight excluding hydrogens is 461 g/mol. The number of nitrogens with one attached hydrogen (secondary N) is 1. The number of guanidine groups is 1. The first-order chi connectivity index (χ1) is 12.0. The molecule has 8 heteroatoms. The van der Waals surface area contributed by atoms with Crippen LogP contribution < -0.4 is 15.0 Å². The Bertz CT molecular complexity index is 687. The van der Waals surface area contributed by atoms with E-state index in [-0.39, 0.29) is 24.0 Å². The van der Waals surface area contributed by atoms with Gasteiger partial charge in [-0.25, -0.2) is 4.98 Å². The minimum absolute atomic E-state index is 0. The number of hydrogen-bond donors (Lipinski definition) is 1. The summed E-state index contributed by atoms with van der Waals surface area (Å²) in [7, 11) is 7.82. The van der Waals surface area contributed by atoms with Crippen LogP contribution in [0, 0.1) is 0 Å². The van der Waals surface area contributed by atoms with Crippen molar-refractivity contribution in [3.05, 3.63) is 40.9 Å². The number of anilines is 1. The minimum Gasteiger partial charge on any atom is -0.494 e. The number of hydrogen-bond acceptors (Lipinski definition) is 5. The molecule has 0 unspecified atom stereocenters. The molecular formula is C18H28IN5OS. The summed E-state index contributed by atoms with van der Waals surface area (Å²) in [5, 5.41) is 6.45. The largest absolute Gasteiger partial charge is 0.494 e. The Morgan fingerprint density at radius 1 is 1.23 bits per heavy atom. The van der Waals surface area contributed by atoms with Crippen molar-refractivity contribution in [3.8, 4) is 5.75 Å². The molecule has 0 saturated heterocycles. The highest BCUT2D eigenvalue weighted by atomic mass is 127. The van der Waals surface area contributed by atoms with Crippen LogP contribution in [0.4, 0.5) is 5.13 Å². The van der Waals surface area contributed by atoms with E-state index in [1.165, 1.54) is 5.56 Å². The van der Waals surface area contributed by atoms with Crippen molar-refractivity contribution in [1.29, 1.82) is 0 Å². The van der Waals surface area contributed by atoms with Crippen molar-refractivity contribution in [2.75, 3.05) is 39.7 Å². The molecule has 0 radical (unpaired) electrons. The van der Waals surface area contributed by atoms with Gasteiger partial charge in [-0.15, -0.1) is 35.3 Å². The SMILES string of the molecule is CCOc1ccc(CN(C)C(=NC)NCc2csc(N(C)C)n2)cc1.I. The second kappa shape index (κ2) is 11.2. The lowest BCUT2D eigenvalue weighted by Gasteiger charge is -2.22. The summed E-state index contributed by atoms with van der Waals surface area (Å²) in [6.07, 6.45) is 0. The number of nitrogens with zero attached hydrogens (tertiary/aromatic N) is 4. The van der Waals surface area contributed by atoms with Crippen molar-refractivity contribution >= 4 is 46.4 Å². The van der Waals surface area contributed by atoms with Gasteiger partial charge in [0.2, 0.25) is 0 Å². The summed E-state index contributed by atoms with van der Waals surface area (Å²) in [5.74, 6) is 1.74. The predicted octanol–water partition coefficient (Wildman–Crippen LogP) is 3.43. The zero-order valence-corrected chi connectivity index (χ0v) is 19.2. The molecule has 2 aromatic rings. The zero-order chi connectivity index (χ0) is 18.2. The van der Waals surface area contributed by atoms with E-state index in [0.29, 0.717) is 13.2 Å². The highest BCUT2D eigenvalue weighted by Crippen LogP contribution is 2.18. The molecule has 0 spiro atoms. The molecule has 26 heavy (non-hydrogen) atoms. The molecule has 6 nitrogen and oxygen atoms in total. The fourth-order valence-corrected chi connectivity index (χ4v) is 3.10. The van der Waals surface area contributed by atoms with Crippen LogP contribution in [0.1, 0.15) is 18.2 Å². The normalized spacial score (nSPS) is 10.9. The van der Waals surface area contributed by atoms with Crippen molar-refractivity contribution in [3.63, 3.8) is 0 Å². The maximum atomic E-state index is 5.48. The summed E-state index contributed by atoms with van der Waals surface area (Å²) >= 11 is 1.64. The van der Waals surface area contributed by atoms with Gasteiger partial charge in [-0.05, 0) is 24.6 Å². The Labute approximate surface area is 177 Å². The molecule has 1 N–H and O–H groups in total. The summed E-state index contributed by atoms with van der Waals surface area (Å²) in [6, 6.07) is 8.17. The van der Waals surface area contributed by atoms with E-state index in [1.807, 2.05) is 45.1 Å². The van der Waals surface area contributed by atoms with Gasteiger partial charge in [0.25, 0.3) is 0 Å². The maximum absolute atomic E-state index is 5.48. The van der Waals surface area contributed by atoms with Crippen LogP contribution in [-0.2, 0) is 13.1 Å². The molecule has 0 atom stereocenters. The van der Waals surface area contributed by atoms with Crippen molar-refractivity contribution in [1.82, 2.24) is 15.2 Å². The highest BCUT2D eigenvalue weighted by molar-refractivity contribution is 14.0. The molecule has 1 heterocycles. The van der Waals surface area contributed by atoms with E-state index < -0.39 is 0 Å². The summed E-state index contributed by atoms with van der Waals surface area (Å²) in [6.45, 7) is 4.10. The number of benzene rings is 1. The average molecular weight is 489 g/mol. The van der Waals surface area contributed by atoms with E-state index in [0.717, 1.165) is 29.1 Å². The van der Waals surface area contributed by atoms with Crippen LogP contribution in [0.2, 0.25) is 0 Å². The van der Waals surface area contributed by atoms with E-state index in [4.69, 9.17) is 4.74 Å². The summed E-state index contributed by atoms with van der Waals surface area (Å²) in [5.41, 5.74) is 2.22. The lowest BCUT2D eigenvalue weighted by Crippen LogP contribution is -2.38. The Kier molecular flexibility index (Phi) is 9.71. The van der Waals surface area contributed by atoms with Gasteiger partial charge in [-0.2, -0.15) is 0 Å². The molecule has 0 aliphatic carbocycles.